The molecule has 0 aliphatic carbocycles. The van der Waals surface area contributed by atoms with Crippen LogP contribution >= 0.6 is 0 Å². The summed E-state index contributed by atoms with van der Waals surface area (Å²) < 4.78 is 16.8. The molecule has 3 aromatic carbocycles. The second-order valence-corrected chi connectivity index (χ2v) is 7.54. The Bertz CT molecular complexity index is 1240. The smallest absolute Gasteiger partial charge is 0.262 e. The maximum Gasteiger partial charge on any atom is 0.262 e. The summed E-state index contributed by atoms with van der Waals surface area (Å²) in [6.45, 7) is 5.85. The Balaban J connectivity index is 1.50. The lowest BCUT2D eigenvalue weighted by atomic mass is 10.1. The summed E-state index contributed by atoms with van der Waals surface area (Å²) >= 11 is 0. The predicted molar refractivity (Wildman–Crippen MR) is 121 cm³/mol. The highest BCUT2D eigenvalue weighted by Gasteiger charge is 2.13. The van der Waals surface area contributed by atoms with Crippen molar-refractivity contribution in [1.29, 1.82) is 0 Å². The zero-order valence-electron chi connectivity index (χ0n) is 18.0. The number of hydrogen-bond donors (Lipinski definition) is 1. The van der Waals surface area contributed by atoms with Crippen molar-refractivity contribution < 1.29 is 18.7 Å². The topological polar surface area (TPSA) is 73.6 Å². The summed E-state index contributed by atoms with van der Waals surface area (Å²) in [4.78, 5) is 17.0. The molecule has 4 rings (SSSR count). The Morgan fingerprint density at radius 2 is 1.74 bits per heavy atom. The highest BCUT2D eigenvalue weighted by Crippen LogP contribution is 2.29. The molecule has 0 saturated carbocycles. The zero-order valence-corrected chi connectivity index (χ0v) is 18.0. The standard InChI is InChI=1S/C25H24N2O4/c1-15-9-16(2)11-20(10-15)30-14-24(28)26-21-12-18(6-5-17(21)3)25-27-22-13-19(29-4)7-8-23(22)31-25/h5-13H,14H2,1-4H3,(H,26,28). The molecular formula is C25H24N2O4. The van der Waals surface area contributed by atoms with Gasteiger partial charge in [0.1, 0.15) is 17.0 Å². The quantitative estimate of drug-likeness (QED) is 0.453. The van der Waals surface area contributed by atoms with Gasteiger partial charge in [0.05, 0.1) is 7.11 Å². The number of fused-ring (bicyclic) bond motifs is 1. The van der Waals surface area contributed by atoms with E-state index in [1.807, 2.05) is 69.3 Å². The first-order valence-corrected chi connectivity index (χ1v) is 9.98. The van der Waals surface area contributed by atoms with Crippen molar-refractivity contribution in [2.24, 2.45) is 0 Å². The van der Waals surface area contributed by atoms with E-state index in [1.165, 1.54) is 0 Å². The Kier molecular flexibility index (Phi) is 5.62. The Hall–Kier alpha value is -3.80. The molecule has 0 saturated heterocycles. The number of aromatic nitrogens is 1. The molecule has 0 aliphatic rings. The number of oxazole rings is 1. The van der Waals surface area contributed by atoms with Crippen molar-refractivity contribution in [2.75, 3.05) is 19.0 Å². The highest BCUT2D eigenvalue weighted by atomic mass is 16.5. The largest absolute Gasteiger partial charge is 0.497 e. The molecule has 0 unspecified atom stereocenters. The van der Waals surface area contributed by atoms with E-state index in [4.69, 9.17) is 13.9 Å². The van der Waals surface area contributed by atoms with Crippen LogP contribution in [-0.4, -0.2) is 24.6 Å². The van der Waals surface area contributed by atoms with Gasteiger partial charge in [-0.25, -0.2) is 4.98 Å². The van der Waals surface area contributed by atoms with Gasteiger partial charge >= 0.3 is 0 Å². The molecule has 0 fully saturated rings. The van der Waals surface area contributed by atoms with E-state index in [9.17, 15) is 4.79 Å². The summed E-state index contributed by atoms with van der Waals surface area (Å²) in [6, 6.07) is 17.0. The number of nitrogens with zero attached hydrogens (tertiary/aromatic N) is 1. The lowest BCUT2D eigenvalue weighted by Crippen LogP contribution is -2.20. The summed E-state index contributed by atoms with van der Waals surface area (Å²) in [5.41, 5.74) is 5.95. The van der Waals surface area contributed by atoms with Crippen molar-refractivity contribution in [2.45, 2.75) is 20.8 Å². The average molecular weight is 416 g/mol. The van der Waals surface area contributed by atoms with Gasteiger partial charge in [-0.1, -0.05) is 12.1 Å². The third kappa shape index (κ3) is 4.69. The normalized spacial score (nSPS) is 10.8. The number of anilines is 1. The maximum absolute atomic E-state index is 12.5. The van der Waals surface area contributed by atoms with Gasteiger partial charge in [0, 0.05) is 17.3 Å². The predicted octanol–water partition coefficient (Wildman–Crippen LogP) is 5.45. The molecule has 6 heteroatoms. The molecule has 1 heterocycles. The van der Waals surface area contributed by atoms with Crippen LogP contribution in [0.5, 0.6) is 11.5 Å². The van der Waals surface area contributed by atoms with Crippen LogP contribution in [0.4, 0.5) is 5.69 Å². The van der Waals surface area contributed by atoms with Gasteiger partial charge in [0.2, 0.25) is 5.89 Å². The number of nitrogens with one attached hydrogen (secondary N) is 1. The molecule has 1 amide bonds. The third-order valence-electron chi connectivity index (χ3n) is 4.92. The van der Waals surface area contributed by atoms with Crippen LogP contribution in [0.1, 0.15) is 16.7 Å². The van der Waals surface area contributed by atoms with Crippen molar-refractivity contribution in [3.8, 4) is 23.0 Å². The molecule has 0 spiro atoms. The van der Waals surface area contributed by atoms with Gasteiger partial charge in [-0.3, -0.25) is 4.79 Å². The fourth-order valence-corrected chi connectivity index (χ4v) is 3.40. The van der Waals surface area contributed by atoms with Crippen LogP contribution < -0.4 is 14.8 Å². The monoisotopic (exact) mass is 416 g/mol. The van der Waals surface area contributed by atoms with Crippen molar-refractivity contribution >= 4 is 22.7 Å². The number of hydrogen-bond acceptors (Lipinski definition) is 5. The Labute approximate surface area is 180 Å². The fourth-order valence-electron chi connectivity index (χ4n) is 3.40. The van der Waals surface area contributed by atoms with E-state index in [1.54, 1.807) is 7.11 Å². The second-order valence-electron chi connectivity index (χ2n) is 7.54. The first-order valence-electron chi connectivity index (χ1n) is 9.98. The van der Waals surface area contributed by atoms with Gasteiger partial charge in [-0.15, -0.1) is 0 Å². The van der Waals surface area contributed by atoms with Crippen LogP contribution in [0.25, 0.3) is 22.6 Å². The lowest BCUT2D eigenvalue weighted by Gasteiger charge is -2.11. The zero-order chi connectivity index (χ0) is 22.0. The van der Waals surface area contributed by atoms with E-state index in [0.29, 0.717) is 34.2 Å². The number of ether oxygens (including phenoxy) is 2. The van der Waals surface area contributed by atoms with Gasteiger partial charge in [0.15, 0.2) is 12.2 Å². The summed E-state index contributed by atoms with van der Waals surface area (Å²) in [5, 5.41) is 2.92. The first-order chi connectivity index (χ1) is 14.9. The highest BCUT2D eigenvalue weighted by molar-refractivity contribution is 5.93. The van der Waals surface area contributed by atoms with Crippen LogP contribution in [-0.2, 0) is 4.79 Å². The SMILES string of the molecule is COc1ccc2oc(-c3ccc(C)c(NC(=O)COc4cc(C)cc(C)c4)c3)nc2c1. The Morgan fingerprint density at radius 1 is 0.968 bits per heavy atom. The number of rotatable bonds is 6. The number of benzene rings is 3. The average Bonchev–Trinajstić information content (AvgIpc) is 3.16. The van der Waals surface area contributed by atoms with Crippen LogP contribution in [0.3, 0.4) is 0 Å². The summed E-state index contributed by atoms with van der Waals surface area (Å²) in [5.74, 6) is 1.64. The van der Waals surface area contributed by atoms with E-state index >= 15 is 0 Å². The van der Waals surface area contributed by atoms with Gasteiger partial charge in [-0.2, -0.15) is 0 Å². The molecule has 1 N–H and O–H groups in total. The van der Waals surface area contributed by atoms with Crippen LogP contribution in [0.2, 0.25) is 0 Å². The molecule has 0 atom stereocenters. The van der Waals surface area contributed by atoms with E-state index < -0.39 is 0 Å². The van der Waals surface area contributed by atoms with Crippen molar-refractivity contribution in [3.05, 3.63) is 71.3 Å². The third-order valence-corrected chi connectivity index (χ3v) is 4.92. The van der Waals surface area contributed by atoms with Crippen LogP contribution in [0.15, 0.2) is 59.0 Å². The first kappa shape index (κ1) is 20.5. The molecule has 6 nitrogen and oxygen atoms in total. The number of methoxy groups -OCH3 is 1. The van der Waals surface area contributed by atoms with Crippen molar-refractivity contribution in [3.63, 3.8) is 0 Å². The minimum absolute atomic E-state index is 0.0742. The van der Waals surface area contributed by atoms with E-state index in [0.717, 1.165) is 22.3 Å². The molecule has 1 aromatic heterocycles. The number of aryl methyl sites for hydroxylation is 3. The van der Waals surface area contributed by atoms with E-state index in [-0.39, 0.29) is 12.5 Å². The number of carbonyl (C=O) groups is 1. The molecule has 4 aromatic rings. The summed E-state index contributed by atoms with van der Waals surface area (Å²) in [6.07, 6.45) is 0. The van der Waals surface area contributed by atoms with E-state index in [2.05, 4.69) is 16.4 Å². The van der Waals surface area contributed by atoms with Gasteiger partial charge < -0.3 is 19.2 Å². The molecular weight excluding hydrogens is 392 g/mol. The molecule has 31 heavy (non-hydrogen) atoms. The molecule has 0 aliphatic heterocycles. The minimum Gasteiger partial charge on any atom is -0.497 e. The number of carbonyl (C=O) groups excluding carboxylic acids is 1. The number of amides is 1. The van der Waals surface area contributed by atoms with Gasteiger partial charge in [-0.05, 0) is 73.9 Å². The molecule has 0 radical (unpaired) electrons. The fraction of sp³-hybridized carbons (Fsp3) is 0.200. The summed E-state index contributed by atoms with van der Waals surface area (Å²) in [7, 11) is 1.61. The maximum atomic E-state index is 12.5. The second kappa shape index (κ2) is 8.52. The van der Waals surface area contributed by atoms with Crippen LogP contribution in [0, 0.1) is 20.8 Å². The Morgan fingerprint density at radius 3 is 2.48 bits per heavy atom. The van der Waals surface area contributed by atoms with Crippen molar-refractivity contribution in [1.82, 2.24) is 4.98 Å². The lowest BCUT2D eigenvalue weighted by molar-refractivity contribution is -0.118. The minimum atomic E-state index is -0.235. The molecule has 158 valence electrons. The van der Waals surface area contributed by atoms with Gasteiger partial charge in [0.25, 0.3) is 5.91 Å². The molecule has 0 bridgehead atoms.